The molecule has 0 radical (unpaired) electrons. The highest BCUT2D eigenvalue weighted by Crippen LogP contribution is 2.26. The summed E-state index contributed by atoms with van der Waals surface area (Å²) in [5, 5.41) is 0. The Hall–Kier alpha value is -0.850. The first kappa shape index (κ1) is 15.5. The third kappa shape index (κ3) is 3.24. The predicted octanol–water partition coefficient (Wildman–Crippen LogP) is 1.82. The van der Waals surface area contributed by atoms with Crippen LogP contribution in [-0.2, 0) is 23.1 Å². The van der Waals surface area contributed by atoms with Gasteiger partial charge in [-0.2, -0.15) is 0 Å². The maximum absolute atomic E-state index is 12.5. The fraction of sp³-hybridized carbons (Fsp3) is 0.714. The van der Waals surface area contributed by atoms with E-state index in [9.17, 15) is 8.42 Å². The van der Waals surface area contributed by atoms with Gasteiger partial charge in [0.15, 0.2) is 0 Å². The molecule has 1 aliphatic rings. The summed E-state index contributed by atoms with van der Waals surface area (Å²) in [6, 6.07) is 1.76. The molecule has 1 heterocycles. The molecule has 20 heavy (non-hydrogen) atoms. The summed E-state index contributed by atoms with van der Waals surface area (Å²) in [6.07, 6.45) is 5.78. The van der Waals surface area contributed by atoms with Crippen molar-refractivity contribution in [3.8, 4) is 0 Å². The first-order chi connectivity index (χ1) is 9.47. The quantitative estimate of drug-likeness (QED) is 0.841. The lowest BCUT2D eigenvalue weighted by Crippen LogP contribution is -2.36. The van der Waals surface area contributed by atoms with E-state index in [1.54, 1.807) is 12.3 Å². The number of sulfonamides is 1. The molecule has 1 fully saturated rings. The van der Waals surface area contributed by atoms with Crippen molar-refractivity contribution in [1.29, 1.82) is 0 Å². The summed E-state index contributed by atoms with van der Waals surface area (Å²) in [6.45, 7) is 5.32. The third-order valence-electron chi connectivity index (χ3n) is 4.11. The molecule has 3 N–H and O–H groups in total. The number of rotatable bonds is 6. The van der Waals surface area contributed by atoms with Crippen molar-refractivity contribution >= 4 is 10.0 Å². The average Bonchev–Trinajstić information content (AvgIpc) is 2.97. The van der Waals surface area contributed by atoms with E-state index in [1.165, 1.54) is 0 Å². The van der Waals surface area contributed by atoms with E-state index in [0.717, 1.165) is 37.9 Å². The second-order valence-electron chi connectivity index (χ2n) is 5.70. The lowest BCUT2D eigenvalue weighted by Gasteiger charge is -2.16. The van der Waals surface area contributed by atoms with Crippen LogP contribution in [0.15, 0.2) is 17.2 Å². The number of aryl methyl sites for hydroxylation is 1. The molecule has 2 rings (SSSR count). The summed E-state index contributed by atoms with van der Waals surface area (Å²) in [7, 11) is -3.43. The van der Waals surface area contributed by atoms with E-state index in [0.29, 0.717) is 17.4 Å². The highest BCUT2D eigenvalue weighted by molar-refractivity contribution is 7.89. The number of nitrogens with two attached hydrogens (primary N) is 1. The molecule has 1 aromatic heterocycles. The Morgan fingerprint density at radius 2 is 2.20 bits per heavy atom. The first-order valence-electron chi connectivity index (χ1n) is 7.39. The molecule has 0 bridgehead atoms. The van der Waals surface area contributed by atoms with Gasteiger partial charge in [-0.3, -0.25) is 0 Å². The molecule has 6 heteroatoms. The molecule has 0 amide bonds. The number of aromatic nitrogens is 1. The molecule has 114 valence electrons. The van der Waals surface area contributed by atoms with Gasteiger partial charge >= 0.3 is 0 Å². The van der Waals surface area contributed by atoms with E-state index in [4.69, 9.17) is 5.73 Å². The number of nitrogens with one attached hydrogen (secondary N) is 1. The van der Waals surface area contributed by atoms with E-state index in [-0.39, 0.29) is 6.04 Å². The van der Waals surface area contributed by atoms with Gasteiger partial charge in [0, 0.05) is 31.0 Å². The minimum absolute atomic E-state index is 0.0656. The van der Waals surface area contributed by atoms with Crippen molar-refractivity contribution in [2.24, 2.45) is 11.7 Å². The Bertz CT molecular complexity index is 551. The summed E-state index contributed by atoms with van der Waals surface area (Å²) < 4.78 is 29.7. The number of hydrogen-bond donors (Lipinski definition) is 2. The van der Waals surface area contributed by atoms with Crippen LogP contribution in [0, 0.1) is 5.92 Å². The van der Waals surface area contributed by atoms with Gasteiger partial charge in [-0.1, -0.05) is 20.3 Å². The van der Waals surface area contributed by atoms with Gasteiger partial charge in [0.05, 0.1) is 4.90 Å². The van der Waals surface area contributed by atoms with Gasteiger partial charge < -0.3 is 10.3 Å². The average molecular weight is 299 g/mol. The molecule has 0 spiro atoms. The van der Waals surface area contributed by atoms with Crippen molar-refractivity contribution < 1.29 is 8.42 Å². The number of hydrogen-bond acceptors (Lipinski definition) is 3. The third-order valence-corrected chi connectivity index (χ3v) is 5.57. The summed E-state index contributed by atoms with van der Waals surface area (Å²) >= 11 is 0. The monoisotopic (exact) mass is 299 g/mol. The lowest BCUT2D eigenvalue weighted by molar-refractivity contribution is 0.476. The first-order valence-corrected chi connectivity index (χ1v) is 8.87. The van der Waals surface area contributed by atoms with Crippen molar-refractivity contribution in [3.63, 3.8) is 0 Å². The Kier molecular flexibility index (Phi) is 4.88. The Morgan fingerprint density at radius 3 is 2.75 bits per heavy atom. The van der Waals surface area contributed by atoms with Crippen LogP contribution < -0.4 is 10.5 Å². The fourth-order valence-electron chi connectivity index (χ4n) is 2.88. The van der Waals surface area contributed by atoms with Crippen LogP contribution >= 0.6 is 0 Å². The largest absolute Gasteiger partial charge is 0.349 e. The van der Waals surface area contributed by atoms with Crippen molar-refractivity contribution in [2.75, 3.05) is 0 Å². The number of nitrogens with zero attached hydrogens (tertiary/aromatic N) is 1. The molecule has 1 aromatic rings. The zero-order valence-electron chi connectivity index (χ0n) is 12.3. The van der Waals surface area contributed by atoms with Crippen LogP contribution in [-0.4, -0.2) is 19.0 Å². The van der Waals surface area contributed by atoms with E-state index in [1.807, 2.05) is 4.57 Å². The maximum Gasteiger partial charge on any atom is 0.242 e. The second kappa shape index (κ2) is 6.28. The van der Waals surface area contributed by atoms with Crippen LogP contribution in [0.25, 0.3) is 0 Å². The smallest absolute Gasteiger partial charge is 0.242 e. The highest BCUT2D eigenvalue weighted by atomic mass is 32.2. The molecule has 1 saturated carbocycles. The normalized spacial score (nSPS) is 23.4. The molecular formula is C14H25N3O2S. The molecule has 1 aliphatic carbocycles. The second-order valence-corrected chi connectivity index (χ2v) is 7.41. The minimum atomic E-state index is -3.43. The van der Waals surface area contributed by atoms with E-state index in [2.05, 4.69) is 18.6 Å². The zero-order valence-corrected chi connectivity index (χ0v) is 13.1. The fourth-order valence-corrected chi connectivity index (χ4v) is 4.32. The van der Waals surface area contributed by atoms with Crippen LogP contribution in [0.2, 0.25) is 0 Å². The van der Waals surface area contributed by atoms with Crippen molar-refractivity contribution in [2.45, 2.75) is 63.6 Å². The van der Waals surface area contributed by atoms with Gasteiger partial charge in [-0.15, -0.1) is 0 Å². The highest BCUT2D eigenvalue weighted by Gasteiger charge is 2.29. The van der Waals surface area contributed by atoms with Crippen LogP contribution in [0.5, 0.6) is 0 Å². The molecule has 0 aromatic carbocycles. The topological polar surface area (TPSA) is 77.1 Å². The predicted molar refractivity (Wildman–Crippen MR) is 79.7 cm³/mol. The van der Waals surface area contributed by atoms with Crippen molar-refractivity contribution in [3.05, 3.63) is 18.0 Å². The standard InChI is InChI=1S/C14H25N3O2S/c1-3-7-17-10-13(8-12(17)9-15)20(18,19)16-14-6-4-5-11(14)2/h8,10-11,14,16H,3-7,9,15H2,1-2H3. The minimum Gasteiger partial charge on any atom is -0.349 e. The van der Waals surface area contributed by atoms with Gasteiger partial charge in [-0.05, 0) is 31.2 Å². The van der Waals surface area contributed by atoms with E-state index < -0.39 is 10.0 Å². The molecule has 2 atom stereocenters. The molecule has 0 aliphatic heterocycles. The Morgan fingerprint density at radius 1 is 1.45 bits per heavy atom. The molecule has 2 unspecified atom stereocenters. The summed E-state index contributed by atoms with van der Waals surface area (Å²) in [5.41, 5.74) is 6.55. The molecule has 5 nitrogen and oxygen atoms in total. The van der Waals surface area contributed by atoms with Gasteiger partial charge in [0.25, 0.3) is 0 Å². The summed E-state index contributed by atoms with van der Waals surface area (Å²) in [4.78, 5) is 0.338. The van der Waals surface area contributed by atoms with Crippen LogP contribution in [0.3, 0.4) is 0 Å². The van der Waals surface area contributed by atoms with Crippen LogP contribution in [0.4, 0.5) is 0 Å². The summed E-state index contributed by atoms with van der Waals surface area (Å²) in [5.74, 6) is 0.413. The molecule has 0 saturated heterocycles. The lowest BCUT2D eigenvalue weighted by atomic mass is 10.1. The van der Waals surface area contributed by atoms with Gasteiger partial charge in [-0.25, -0.2) is 13.1 Å². The van der Waals surface area contributed by atoms with Gasteiger partial charge in [0.1, 0.15) is 0 Å². The van der Waals surface area contributed by atoms with Crippen molar-refractivity contribution in [1.82, 2.24) is 9.29 Å². The van der Waals surface area contributed by atoms with E-state index >= 15 is 0 Å². The Balaban J connectivity index is 2.20. The maximum atomic E-state index is 12.5. The zero-order chi connectivity index (χ0) is 14.8. The SMILES string of the molecule is CCCn1cc(S(=O)(=O)NC2CCCC2C)cc1CN. The Labute approximate surface area is 121 Å². The molecular weight excluding hydrogens is 274 g/mol. The van der Waals surface area contributed by atoms with Gasteiger partial charge in [0.2, 0.25) is 10.0 Å². The van der Waals surface area contributed by atoms with Crippen LogP contribution in [0.1, 0.15) is 45.2 Å².